The summed E-state index contributed by atoms with van der Waals surface area (Å²) in [6, 6.07) is -0.930. The predicted octanol–water partition coefficient (Wildman–Crippen LogP) is 1.89. The van der Waals surface area contributed by atoms with Crippen LogP contribution in [-0.4, -0.2) is 31.7 Å². The Morgan fingerprint density at radius 2 is 1.62 bits per heavy atom. The smallest absolute Gasteiger partial charge is 0.287 e. The second-order valence-electron chi connectivity index (χ2n) is 3.02. The Kier molecular flexibility index (Phi) is 8.18. The van der Waals surface area contributed by atoms with E-state index in [1.54, 1.807) is 27.7 Å². The standard InChI is InChI=1S/C9H22NO5P/c1-5-12-9(13-6-2)16(11,14-7-3)8(4)15-10/h8-9H,5-7,10H2,1-4H3. The molecule has 2 atom stereocenters. The van der Waals surface area contributed by atoms with Crippen molar-refractivity contribution in [2.75, 3.05) is 19.8 Å². The molecule has 6 nitrogen and oxygen atoms in total. The molecule has 0 aliphatic rings. The largest absolute Gasteiger partial charge is 0.345 e. The van der Waals surface area contributed by atoms with Gasteiger partial charge in [0.1, 0.15) is 0 Å². The Morgan fingerprint density at radius 3 is 1.94 bits per heavy atom. The number of hydrogen-bond acceptors (Lipinski definition) is 6. The first-order chi connectivity index (χ1) is 7.56. The second-order valence-corrected chi connectivity index (χ2v) is 5.71. The summed E-state index contributed by atoms with van der Waals surface area (Å²) in [6.07, 6.45) is 0. The van der Waals surface area contributed by atoms with Crippen molar-refractivity contribution in [1.29, 1.82) is 0 Å². The lowest BCUT2D eigenvalue weighted by atomic mass is 10.8. The van der Waals surface area contributed by atoms with Gasteiger partial charge < -0.3 is 14.0 Å². The first-order valence-electron chi connectivity index (χ1n) is 5.39. The van der Waals surface area contributed by atoms with Crippen molar-refractivity contribution in [1.82, 2.24) is 0 Å². The molecule has 2 N–H and O–H groups in total. The first kappa shape index (κ1) is 16.0. The van der Waals surface area contributed by atoms with Gasteiger partial charge in [-0.15, -0.1) is 0 Å². The molecule has 0 rings (SSSR count). The summed E-state index contributed by atoms with van der Waals surface area (Å²) in [5.74, 6) is 4.29. The third kappa shape index (κ3) is 4.13. The van der Waals surface area contributed by atoms with Crippen LogP contribution >= 0.6 is 7.37 Å². The van der Waals surface area contributed by atoms with Crippen molar-refractivity contribution < 1.29 is 23.4 Å². The topological polar surface area (TPSA) is 80.0 Å². The van der Waals surface area contributed by atoms with Gasteiger partial charge in [0.05, 0.1) is 6.61 Å². The highest BCUT2D eigenvalue weighted by Gasteiger charge is 2.42. The number of nitrogens with two attached hydrogens (primary N) is 1. The highest BCUT2D eigenvalue weighted by molar-refractivity contribution is 7.59. The summed E-state index contributed by atoms with van der Waals surface area (Å²) < 4.78 is 28.4. The van der Waals surface area contributed by atoms with Crippen LogP contribution in [0.3, 0.4) is 0 Å². The van der Waals surface area contributed by atoms with Gasteiger partial charge in [0.15, 0.2) is 5.85 Å². The molecule has 0 aromatic heterocycles. The third-order valence-corrected chi connectivity index (χ3v) is 4.63. The molecule has 0 spiro atoms. The summed E-state index contributed by atoms with van der Waals surface area (Å²) in [7, 11) is -3.25. The minimum Gasteiger partial charge on any atom is -0.345 e. The van der Waals surface area contributed by atoms with Gasteiger partial charge in [-0.25, -0.2) is 5.90 Å². The van der Waals surface area contributed by atoms with Gasteiger partial charge in [-0.2, -0.15) is 0 Å². The van der Waals surface area contributed by atoms with Crippen LogP contribution in [0.15, 0.2) is 0 Å². The van der Waals surface area contributed by atoms with E-state index in [2.05, 4.69) is 4.84 Å². The fraction of sp³-hybridized carbons (Fsp3) is 1.00. The average molecular weight is 255 g/mol. The molecule has 0 saturated heterocycles. The summed E-state index contributed by atoms with van der Waals surface area (Å²) in [5, 5.41) is 0. The van der Waals surface area contributed by atoms with E-state index in [0.29, 0.717) is 13.2 Å². The molecule has 0 aromatic rings. The van der Waals surface area contributed by atoms with Crippen LogP contribution in [0.4, 0.5) is 0 Å². The molecule has 98 valence electrons. The zero-order chi connectivity index (χ0) is 12.6. The van der Waals surface area contributed by atoms with E-state index in [4.69, 9.17) is 19.9 Å². The molecule has 2 unspecified atom stereocenters. The van der Waals surface area contributed by atoms with E-state index < -0.39 is 19.2 Å². The van der Waals surface area contributed by atoms with Crippen molar-refractivity contribution >= 4 is 7.37 Å². The van der Waals surface area contributed by atoms with Crippen molar-refractivity contribution in [2.45, 2.75) is 39.6 Å². The van der Waals surface area contributed by atoms with Crippen LogP contribution in [0.5, 0.6) is 0 Å². The molecule has 0 bridgehead atoms. The average Bonchev–Trinajstić information content (AvgIpc) is 2.27. The molecule has 7 heteroatoms. The van der Waals surface area contributed by atoms with Crippen molar-refractivity contribution in [2.24, 2.45) is 5.90 Å². The number of hydrogen-bond donors (Lipinski definition) is 1. The lowest BCUT2D eigenvalue weighted by Gasteiger charge is -2.29. The van der Waals surface area contributed by atoms with Gasteiger partial charge in [0.2, 0.25) is 6.03 Å². The van der Waals surface area contributed by atoms with Gasteiger partial charge in [-0.3, -0.25) is 9.40 Å². The Hall–Kier alpha value is 0.0300. The molecule has 0 aliphatic heterocycles. The van der Waals surface area contributed by atoms with E-state index in [1.165, 1.54) is 0 Å². The molecule has 0 heterocycles. The van der Waals surface area contributed by atoms with Crippen LogP contribution < -0.4 is 5.90 Å². The fourth-order valence-corrected chi connectivity index (χ4v) is 3.13. The van der Waals surface area contributed by atoms with E-state index in [0.717, 1.165) is 0 Å². The second kappa shape index (κ2) is 8.17. The molecular weight excluding hydrogens is 233 g/mol. The molecule has 0 fully saturated rings. The predicted molar refractivity (Wildman–Crippen MR) is 61.0 cm³/mol. The monoisotopic (exact) mass is 255 g/mol. The highest BCUT2D eigenvalue weighted by Crippen LogP contribution is 2.57. The van der Waals surface area contributed by atoms with E-state index in [1.807, 2.05) is 0 Å². The summed E-state index contributed by atoms with van der Waals surface area (Å²) in [6.45, 7) is 7.92. The molecular formula is C9H22NO5P. The summed E-state index contributed by atoms with van der Waals surface area (Å²) >= 11 is 0. The quantitative estimate of drug-likeness (QED) is 0.385. The Labute approximate surface area is 96.8 Å². The summed E-state index contributed by atoms with van der Waals surface area (Å²) in [5.41, 5.74) is 0. The molecule has 0 radical (unpaired) electrons. The maximum Gasteiger partial charge on any atom is 0.287 e. The summed E-state index contributed by atoms with van der Waals surface area (Å²) in [4.78, 5) is 4.59. The van der Waals surface area contributed by atoms with Crippen LogP contribution in [0.25, 0.3) is 0 Å². The minimum absolute atomic E-state index is 0.279. The number of rotatable bonds is 9. The van der Waals surface area contributed by atoms with Gasteiger partial charge in [0, 0.05) is 13.2 Å². The van der Waals surface area contributed by atoms with Crippen LogP contribution in [0, 0.1) is 0 Å². The molecule has 16 heavy (non-hydrogen) atoms. The Bertz CT molecular complexity index is 220. The fourth-order valence-electron chi connectivity index (χ4n) is 1.16. The zero-order valence-corrected chi connectivity index (χ0v) is 11.2. The lowest BCUT2D eigenvalue weighted by Crippen LogP contribution is -2.27. The molecule has 0 aliphatic carbocycles. The van der Waals surface area contributed by atoms with E-state index in [-0.39, 0.29) is 6.61 Å². The van der Waals surface area contributed by atoms with Crippen LogP contribution in [0.1, 0.15) is 27.7 Å². The normalized spacial score (nSPS) is 17.4. The van der Waals surface area contributed by atoms with Gasteiger partial charge in [-0.1, -0.05) is 0 Å². The van der Waals surface area contributed by atoms with Gasteiger partial charge >= 0.3 is 0 Å². The van der Waals surface area contributed by atoms with Crippen molar-refractivity contribution in [3.8, 4) is 0 Å². The van der Waals surface area contributed by atoms with Gasteiger partial charge in [0.25, 0.3) is 7.37 Å². The number of ether oxygens (including phenoxy) is 2. The third-order valence-electron chi connectivity index (χ3n) is 1.95. The first-order valence-corrected chi connectivity index (χ1v) is 7.15. The lowest BCUT2D eigenvalue weighted by molar-refractivity contribution is -0.0935. The minimum atomic E-state index is -3.25. The van der Waals surface area contributed by atoms with Crippen molar-refractivity contribution in [3.63, 3.8) is 0 Å². The molecule has 0 aromatic carbocycles. The van der Waals surface area contributed by atoms with Crippen LogP contribution in [-0.2, 0) is 23.4 Å². The van der Waals surface area contributed by atoms with Crippen LogP contribution in [0.2, 0.25) is 0 Å². The maximum atomic E-state index is 12.5. The Morgan fingerprint density at radius 1 is 1.12 bits per heavy atom. The molecule has 0 amide bonds. The molecule has 0 saturated carbocycles. The SMILES string of the molecule is CCOC(OCC)P(=O)(OCC)C(C)ON. The Balaban J connectivity index is 4.87. The van der Waals surface area contributed by atoms with E-state index >= 15 is 0 Å². The van der Waals surface area contributed by atoms with E-state index in [9.17, 15) is 4.57 Å². The zero-order valence-electron chi connectivity index (χ0n) is 10.3. The van der Waals surface area contributed by atoms with Crippen molar-refractivity contribution in [3.05, 3.63) is 0 Å². The van der Waals surface area contributed by atoms with Gasteiger partial charge in [-0.05, 0) is 27.7 Å². The highest BCUT2D eigenvalue weighted by atomic mass is 31.2. The maximum absolute atomic E-state index is 12.5.